The van der Waals surface area contributed by atoms with Crippen molar-refractivity contribution in [1.82, 2.24) is 0 Å². The van der Waals surface area contributed by atoms with Gasteiger partial charge in [0.15, 0.2) is 17.5 Å². The fraction of sp³-hybridized carbons (Fsp3) is 0.0909. The maximum Gasteiger partial charge on any atom is 0.194 e. The van der Waals surface area contributed by atoms with E-state index in [-0.39, 0.29) is 5.56 Å². The molecule has 0 saturated carbocycles. The molecule has 0 radical (unpaired) electrons. The molecule has 0 spiro atoms. The van der Waals surface area contributed by atoms with E-state index in [4.69, 9.17) is 11.6 Å². The van der Waals surface area contributed by atoms with E-state index in [0.717, 1.165) is 19.7 Å². The number of thiophene rings is 1. The molecule has 96 valence electrons. The van der Waals surface area contributed by atoms with Gasteiger partial charge in [0, 0.05) is 5.56 Å². The molecule has 0 bridgehead atoms. The van der Waals surface area contributed by atoms with Crippen LogP contribution < -0.4 is 0 Å². The molecule has 1 atom stereocenters. The summed E-state index contributed by atoms with van der Waals surface area (Å²) in [6, 6.07) is 3.54. The van der Waals surface area contributed by atoms with Crippen molar-refractivity contribution in [2.45, 2.75) is 5.38 Å². The molecular formula is C11H4Br2ClF3S. The zero-order valence-corrected chi connectivity index (χ0v) is 13.2. The van der Waals surface area contributed by atoms with E-state index in [0.29, 0.717) is 5.56 Å². The summed E-state index contributed by atoms with van der Waals surface area (Å²) in [6.45, 7) is 0. The van der Waals surface area contributed by atoms with E-state index in [9.17, 15) is 13.2 Å². The number of hydrogen-bond donors (Lipinski definition) is 0. The van der Waals surface area contributed by atoms with Crippen molar-refractivity contribution in [2.75, 3.05) is 0 Å². The Morgan fingerprint density at radius 2 is 1.61 bits per heavy atom. The van der Waals surface area contributed by atoms with Crippen LogP contribution in [0, 0.1) is 17.5 Å². The fourth-order valence-electron chi connectivity index (χ4n) is 1.43. The highest BCUT2D eigenvalue weighted by Gasteiger charge is 2.20. The zero-order chi connectivity index (χ0) is 13.4. The predicted octanol–water partition coefficient (Wildman–Crippen LogP) is 6.02. The molecule has 7 heteroatoms. The summed E-state index contributed by atoms with van der Waals surface area (Å²) in [5.74, 6) is -3.99. The predicted molar refractivity (Wildman–Crippen MR) is 73.7 cm³/mol. The summed E-state index contributed by atoms with van der Waals surface area (Å²) < 4.78 is 40.7. The molecule has 2 aromatic rings. The Hall–Kier alpha value is -0.0400. The average molecular weight is 420 g/mol. The Morgan fingerprint density at radius 3 is 2.06 bits per heavy atom. The molecule has 0 aliphatic carbocycles. The molecule has 1 heterocycles. The lowest BCUT2D eigenvalue weighted by molar-refractivity contribution is 0.445. The first-order valence-corrected chi connectivity index (χ1v) is 7.47. The van der Waals surface area contributed by atoms with Gasteiger partial charge >= 0.3 is 0 Å². The Balaban J connectivity index is 2.46. The maximum atomic E-state index is 13.1. The molecule has 0 nitrogen and oxygen atoms in total. The van der Waals surface area contributed by atoms with Crippen LogP contribution in [0.3, 0.4) is 0 Å². The number of hydrogen-bond acceptors (Lipinski definition) is 1. The third-order valence-corrected chi connectivity index (χ3v) is 5.13. The highest BCUT2D eigenvalue weighted by Crippen LogP contribution is 2.41. The highest BCUT2D eigenvalue weighted by atomic mass is 79.9. The van der Waals surface area contributed by atoms with E-state index >= 15 is 0 Å². The minimum absolute atomic E-state index is 0.166. The molecular weight excluding hydrogens is 416 g/mol. The van der Waals surface area contributed by atoms with Crippen LogP contribution >= 0.6 is 54.8 Å². The van der Waals surface area contributed by atoms with E-state index in [1.807, 2.05) is 0 Å². The van der Waals surface area contributed by atoms with Gasteiger partial charge in [-0.15, -0.1) is 22.9 Å². The number of benzene rings is 1. The monoisotopic (exact) mass is 418 g/mol. The van der Waals surface area contributed by atoms with Gasteiger partial charge in [0.05, 0.1) is 12.9 Å². The third kappa shape index (κ3) is 2.76. The SMILES string of the molecule is Fc1cc(C(Cl)c2cc(Br)sc2Br)cc(F)c1F. The van der Waals surface area contributed by atoms with Gasteiger partial charge in [-0.3, -0.25) is 0 Å². The van der Waals surface area contributed by atoms with Gasteiger partial charge in [0.1, 0.15) is 0 Å². The number of alkyl halides is 1. The quantitative estimate of drug-likeness (QED) is 0.412. The molecule has 18 heavy (non-hydrogen) atoms. The number of rotatable bonds is 2. The van der Waals surface area contributed by atoms with E-state index in [1.54, 1.807) is 6.07 Å². The minimum atomic E-state index is -1.49. The Morgan fingerprint density at radius 1 is 1.06 bits per heavy atom. The van der Waals surface area contributed by atoms with Crippen molar-refractivity contribution in [1.29, 1.82) is 0 Å². The van der Waals surface area contributed by atoms with Gasteiger partial charge in [0.25, 0.3) is 0 Å². The normalized spacial score (nSPS) is 12.8. The first kappa shape index (κ1) is 14.4. The zero-order valence-electron chi connectivity index (χ0n) is 8.49. The molecule has 1 unspecified atom stereocenters. The standard InChI is InChI=1S/C11H4Br2ClF3S/c12-8-3-5(11(13)18-8)9(14)4-1-6(15)10(17)7(16)2-4/h1-3,9H. The lowest BCUT2D eigenvalue weighted by atomic mass is 10.1. The largest absolute Gasteiger partial charge is 0.204 e. The fourth-order valence-corrected chi connectivity index (χ4v) is 4.82. The van der Waals surface area contributed by atoms with Crippen molar-refractivity contribution < 1.29 is 13.2 Å². The first-order chi connectivity index (χ1) is 8.40. The van der Waals surface area contributed by atoms with Crippen LogP contribution in [0.2, 0.25) is 0 Å². The second kappa shape index (κ2) is 5.53. The average Bonchev–Trinajstić information content (AvgIpc) is 2.63. The molecule has 0 fully saturated rings. The topological polar surface area (TPSA) is 0 Å². The molecule has 2 rings (SSSR count). The van der Waals surface area contributed by atoms with Gasteiger partial charge in [-0.05, 0) is 55.6 Å². The minimum Gasteiger partial charge on any atom is -0.204 e. The van der Waals surface area contributed by atoms with Crippen LogP contribution in [-0.2, 0) is 0 Å². The van der Waals surface area contributed by atoms with Crippen LogP contribution in [0.5, 0.6) is 0 Å². The molecule has 0 amide bonds. The van der Waals surface area contributed by atoms with Crippen LogP contribution in [0.4, 0.5) is 13.2 Å². The van der Waals surface area contributed by atoms with Crippen molar-refractivity contribution in [2.24, 2.45) is 0 Å². The van der Waals surface area contributed by atoms with Gasteiger partial charge in [-0.2, -0.15) is 0 Å². The lowest BCUT2D eigenvalue weighted by Gasteiger charge is -2.10. The van der Waals surface area contributed by atoms with Crippen molar-refractivity contribution >= 4 is 54.8 Å². The van der Waals surface area contributed by atoms with Crippen molar-refractivity contribution in [3.05, 3.63) is 54.4 Å². The van der Waals surface area contributed by atoms with Crippen molar-refractivity contribution in [3.63, 3.8) is 0 Å². The molecule has 0 N–H and O–H groups in total. The van der Waals surface area contributed by atoms with Crippen LogP contribution in [0.15, 0.2) is 25.8 Å². The highest BCUT2D eigenvalue weighted by molar-refractivity contribution is 9.12. The molecule has 0 aliphatic rings. The van der Waals surface area contributed by atoms with E-state index < -0.39 is 22.8 Å². The lowest BCUT2D eigenvalue weighted by Crippen LogP contribution is -1.98. The first-order valence-electron chi connectivity index (χ1n) is 4.63. The van der Waals surface area contributed by atoms with Crippen molar-refractivity contribution in [3.8, 4) is 0 Å². The van der Waals surface area contributed by atoms with Crippen LogP contribution in [0.1, 0.15) is 16.5 Å². The van der Waals surface area contributed by atoms with Crippen LogP contribution in [0.25, 0.3) is 0 Å². The summed E-state index contributed by atoms with van der Waals surface area (Å²) in [4.78, 5) is 0. The molecule has 0 saturated heterocycles. The smallest absolute Gasteiger partial charge is 0.194 e. The molecule has 1 aromatic heterocycles. The van der Waals surface area contributed by atoms with E-state index in [1.165, 1.54) is 11.3 Å². The summed E-state index contributed by atoms with van der Waals surface area (Å²) in [5, 5.41) is -0.758. The number of halogens is 6. The van der Waals surface area contributed by atoms with E-state index in [2.05, 4.69) is 31.9 Å². The van der Waals surface area contributed by atoms with Gasteiger partial charge in [-0.25, -0.2) is 13.2 Å². The molecule has 1 aromatic carbocycles. The summed E-state index contributed by atoms with van der Waals surface area (Å²) in [5.41, 5.74) is 0.831. The summed E-state index contributed by atoms with van der Waals surface area (Å²) >= 11 is 14.1. The Bertz CT molecular complexity index is 577. The summed E-state index contributed by atoms with van der Waals surface area (Å²) in [7, 11) is 0. The third-order valence-electron chi connectivity index (χ3n) is 2.25. The second-order valence-corrected chi connectivity index (χ2v) is 7.63. The molecule has 0 aliphatic heterocycles. The van der Waals surface area contributed by atoms with Gasteiger partial charge in [-0.1, -0.05) is 0 Å². The van der Waals surface area contributed by atoms with Crippen LogP contribution in [-0.4, -0.2) is 0 Å². The van der Waals surface area contributed by atoms with Gasteiger partial charge in [0.2, 0.25) is 0 Å². The maximum absolute atomic E-state index is 13.1. The summed E-state index contributed by atoms with van der Waals surface area (Å²) in [6.07, 6.45) is 0. The Kier molecular flexibility index (Phi) is 4.41. The van der Waals surface area contributed by atoms with Gasteiger partial charge < -0.3 is 0 Å². The Labute approximate surface area is 127 Å². The second-order valence-electron chi connectivity index (χ2n) is 3.44.